The van der Waals surface area contributed by atoms with E-state index in [1.54, 1.807) is 6.07 Å². The zero-order chi connectivity index (χ0) is 15.0. The second kappa shape index (κ2) is 4.97. The first-order valence-corrected chi connectivity index (χ1v) is 6.37. The maximum atomic E-state index is 13.3. The Balaban J connectivity index is 1.96. The molecule has 1 aromatic carbocycles. The third-order valence-electron chi connectivity index (χ3n) is 3.38. The summed E-state index contributed by atoms with van der Waals surface area (Å²) in [4.78, 5) is 28.6. The number of carboxylic acids is 1. The number of pyridine rings is 1. The van der Waals surface area contributed by atoms with E-state index < -0.39 is 17.7 Å². The molecule has 0 unspecified atom stereocenters. The van der Waals surface area contributed by atoms with E-state index in [-0.39, 0.29) is 11.4 Å². The van der Waals surface area contributed by atoms with E-state index in [0.717, 1.165) is 5.56 Å². The predicted octanol–water partition coefficient (Wildman–Crippen LogP) is 2.12. The van der Waals surface area contributed by atoms with Crippen LogP contribution in [0.4, 0.5) is 10.1 Å². The summed E-state index contributed by atoms with van der Waals surface area (Å²) in [6.07, 6.45) is 0.639. The van der Waals surface area contributed by atoms with Crippen LogP contribution in [0.1, 0.15) is 26.5 Å². The molecule has 21 heavy (non-hydrogen) atoms. The molecule has 1 aliphatic rings. The highest BCUT2D eigenvalue weighted by atomic mass is 19.1. The minimum Gasteiger partial charge on any atom is -0.477 e. The van der Waals surface area contributed by atoms with E-state index >= 15 is 0 Å². The summed E-state index contributed by atoms with van der Waals surface area (Å²) in [6, 6.07) is 8.55. The molecule has 0 fully saturated rings. The van der Waals surface area contributed by atoms with Gasteiger partial charge in [0.15, 0.2) is 0 Å². The standard InChI is InChI=1S/C15H11FN2O3/c16-10-5-4-9-6-7-18(13(9)8-10)14(19)11-2-1-3-12(17-11)15(20)21/h1-5,8H,6-7H2,(H,20,21). The molecule has 3 rings (SSSR count). The Labute approximate surface area is 119 Å². The molecule has 5 nitrogen and oxygen atoms in total. The van der Waals surface area contributed by atoms with Gasteiger partial charge in [-0.25, -0.2) is 14.2 Å². The van der Waals surface area contributed by atoms with Crippen LogP contribution in [0, 0.1) is 5.82 Å². The lowest BCUT2D eigenvalue weighted by molar-refractivity contribution is 0.0690. The second-order valence-corrected chi connectivity index (χ2v) is 4.69. The van der Waals surface area contributed by atoms with Crippen molar-refractivity contribution in [2.24, 2.45) is 0 Å². The van der Waals surface area contributed by atoms with Gasteiger partial charge in [-0.2, -0.15) is 0 Å². The molecular weight excluding hydrogens is 275 g/mol. The molecule has 2 aromatic rings. The number of hydrogen-bond donors (Lipinski definition) is 1. The summed E-state index contributed by atoms with van der Waals surface area (Å²) < 4.78 is 13.3. The third-order valence-corrected chi connectivity index (χ3v) is 3.38. The van der Waals surface area contributed by atoms with E-state index in [0.29, 0.717) is 18.7 Å². The normalized spacial score (nSPS) is 13.1. The highest BCUT2D eigenvalue weighted by Crippen LogP contribution is 2.29. The maximum absolute atomic E-state index is 13.3. The van der Waals surface area contributed by atoms with E-state index in [2.05, 4.69) is 4.98 Å². The van der Waals surface area contributed by atoms with Gasteiger partial charge in [-0.15, -0.1) is 0 Å². The van der Waals surface area contributed by atoms with Gasteiger partial charge in [-0.1, -0.05) is 12.1 Å². The topological polar surface area (TPSA) is 70.5 Å². The van der Waals surface area contributed by atoms with Crippen LogP contribution in [-0.2, 0) is 6.42 Å². The van der Waals surface area contributed by atoms with Crippen LogP contribution in [0.15, 0.2) is 36.4 Å². The lowest BCUT2D eigenvalue weighted by atomic mass is 10.1. The average Bonchev–Trinajstić information content (AvgIpc) is 2.89. The SMILES string of the molecule is O=C(O)c1cccc(C(=O)N2CCc3ccc(F)cc32)n1. The maximum Gasteiger partial charge on any atom is 0.354 e. The molecule has 0 bridgehead atoms. The van der Waals surface area contributed by atoms with E-state index in [9.17, 15) is 14.0 Å². The Kier molecular flexibility index (Phi) is 3.13. The molecule has 0 aliphatic carbocycles. The quantitative estimate of drug-likeness (QED) is 0.918. The predicted molar refractivity (Wildman–Crippen MR) is 73.0 cm³/mol. The number of benzene rings is 1. The number of amides is 1. The van der Waals surface area contributed by atoms with Gasteiger partial charge in [-0.3, -0.25) is 4.79 Å². The minimum absolute atomic E-state index is 0.0343. The summed E-state index contributed by atoms with van der Waals surface area (Å²) in [6.45, 7) is 0.427. The highest BCUT2D eigenvalue weighted by molar-refractivity contribution is 6.06. The van der Waals surface area contributed by atoms with Gasteiger partial charge in [0.1, 0.15) is 17.2 Å². The molecule has 0 saturated carbocycles. The van der Waals surface area contributed by atoms with E-state index in [4.69, 9.17) is 5.11 Å². The summed E-state index contributed by atoms with van der Waals surface area (Å²) in [5.74, 6) is -2.04. The first-order valence-electron chi connectivity index (χ1n) is 6.37. The summed E-state index contributed by atoms with van der Waals surface area (Å²) in [7, 11) is 0. The summed E-state index contributed by atoms with van der Waals surface area (Å²) in [5, 5.41) is 8.91. The number of nitrogens with zero attached hydrogens (tertiary/aromatic N) is 2. The Bertz CT molecular complexity index is 745. The van der Waals surface area contributed by atoms with Crippen LogP contribution in [-0.4, -0.2) is 28.5 Å². The van der Waals surface area contributed by atoms with Crippen LogP contribution in [0.2, 0.25) is 0 Å². The largest absolute Gasteiger partial charge is 0.477 e. The Morgan fingerprint density at radius 1 is 1.19 bits per heavy atom. The molecule has 1 amide bonds. The molecular formula is C15H11FN2O3. The molecule has 0 spiro atoms. The van der Waals surface area contributed by atoms with Gasteiger partial charge in [0.2, 0.25) is 0 Å². The van der Waals surface area contributed by atoms with Crippen LogP contribution in [0.25, 0.3) is 0 Å². The highest BCUT2D eigenvalue weighted by Gasteiger charge is 2.27. The number of carbonyl (C=O) groups excluding carboxylic acids is 1. The van der Waals surface area contributed by atoms with Gasteiger partial charge in [-0.05, 0) is 36.2 Å². The fourth-order valence-corrected chi connectivity index (χ4v) is 2.37. The van der Waals surface area contributed by atoms with Gasteiger partial charge < -0.3 is 10.0 Å². The van der Waals surface area contributed by atoms with Crippen LogP contribution >= 0.6 is 0 Å². The van der Waals surface area contributed by atoms with Crippen molar-refractivity contribution in [3.05, 3.63) is 59.2 Å². The van der Waals surface area contributed by atoms with Crippen molar-refractivity contribution in [3.8, 4) is 0 Å². The third kappa shape index (κ3) is 2.35. The number of halogens is 1. The van der Waals surface area contributed by atoms with Crippen LogP contribution < -0.4 is 4.90 Å². The Hall–Kier alpha value is -2.76. The smallest absolute Gasteiger partial charge is 0.354 e. The zero-order valence-electron chi connectivity index (χ0n) is 10.9. The number of aromatic carboxylic acids is 1. The molecule has 1 aromatic heterocycles. The molecule has 1 aliphatic heterocycles. The lowest BCUT2D eigenvalue weighted by Gasteiger charge is -2.17. The fraction of sp³-hybridized carbons (Fsp3) is 0.133. The molecule has 2 heterocycles. The number of anilines is 1. The molecule has 0 radical (unpaired) electrons. The minimum atomic E-state index is -1.20. The van der Waals surface area contributed by atoms with Crippen molar-refractivity contribution in [2.45, 2.75) is 6.42 Å². The van der Waals surface area contributed by atoms with Gasteiger partial charge in [0.25, 0.3) is 5.91 Å². The molecule has 0 atom stereocenters. The van der Waals surface area contributed by atoms with Crippen LogP contribution in [0.3, 0.4) is 0 Å². The van der Waals surface area contributed by atoms with Crippen molar-refractivity contribution in [1.82, 2.24) is 4.98 Å². The van der Waals surface area contributed by atoms with Crippen molar-refractivity contribution in [3.63, 3.8) is 0 Å². The van der Waals surface area contributed by atoms with Gasteiger partial charge >= 0.3 is 5.97 Å². The Morgan fingerprint density at radius 2 is 1.95 bits per heavy atom. The first kappa shape index (κ1) is 13.2. The number of hydrogen-bond acceptors (Lipinski definition) is 3. The van der Waals surface area contributed by atoms with Gasteiger partial charge in [0, 0.05) is 6.54 Å². The Morgan fingerprint density at radius 3 is 2.71 bits per heavy atom. The number of carboxylic acid groups (broad SMARTS) is 1. The number of aromatic nitrogens is 1. The number of fused-ring (bicyclic) bond motifs is 1. The zero-order valence-corrected chi connectivity index (χ0v) is 10.9. The van der Waals surface area contributed by atoms with Crippen molar-refractivity contribution >= 4 is 17.6 Å². The summed E-state index contributed by atoms with van der Waals surface area (Å²) in [5.41, 5.74) is 1.24. The van der Waals surface area contributed by atoms with Gasteiger partial charge in [0.05, 0.1) is 5.69 Å². The summed E-state index contributed by atoms with van der Waals surface area (Å²) >= 11 is 0. The average molecular weight is 286 g/mol. The second-order valence-electron chi connectivity index (χ2n) is 4.69. The molecule has 1 N–H and O–H groups in total. The van der Waals surface area contributed by atoms with Crippen LogP contribution in [0.5, 0.6) is 0 Å². The number of rotatable bonds is 2. The lowest BCUT2D eigenvalue weighted by Crippen LogP contribution is -2.30. The fourth-order valence-electron chi connectivity index (χ4n) is 2.37. The van der Waals surface area contributed by atoms with E-state index in [1.165, 1.54) is 35.2 Å². The van der Waals surface area contributed by atoms with Crippen molar-refractivity contribution < 1.29 is 19.1 Å². The molecule has 6 heteroatoms. The van der Waals surface area contributed by atoms with Crippen molar-refractivity contribution in [1.29, 1.82) is 0 Å². The first-order chi connectivity index (χ1) is 10.1. The van der Waals surface area contributed by atoms with E-state index in [1.807, 2.05) is 0 Å². The van der Waals surface area contributed by atoms with Crippen molar-refractivity contribution in [2.75, 3.05) is 11.4 Å². The molecule has 106 valence electrons. The monoisotopic (exact) mass is 286 g/mol. The molecule has 0 saturated heterocycles. The number of carbonyl (C=O) groups is 2.